The van der Waals surface area contributed by atoms with Gasteiger partial charge in [-0.15, -0.1) is 0 Å². The summed E-state index contributed by atoms with van der Waals surface area (Å²) < 4.78 is 16.0. The van der Waals surface area contributed by atoms with Gasteiger partial charge in [0.15, 0.2) is 5.58 Å². The molecule has 17 rings (SSSR count). The minimum absolute atomic E-state index is 0.181. The van der Waals surface area contributed by atoms with Crippen LogP contribution >= 0.6 is 0 Å². The Hall–Kier alpha value is -11.7. The summed E-state index contributed by atoms with van der Waals surface area (Å²) in [6.45, 7) is 22.9. The SMILES string of the molecule is CC(C)c1ccc(N(c2cc(-c3ccccc3)ccc2-c2ccccc2)c2cc3c(c4c2oc2cc(C(C)(C)C)ccc24)-c2c(cc(N(c4ccc(C(C)C)cc4)c4cc(-c5ccccc5)ccc4-c4ccccc4)c4c2oc2cc(C(C)(C)C)ccc24)C3(c2ccccc2)c2ccccc2)cc1. The van der Waals surface area contributed by atoms with Crippen LogP contribution < -0.4 is 9.80 Å². The lowest BCUT2D eigenvalue weighted by atomic mass is 9.67. The molecule has 0 radical (unpaired) electrons. The predicted molar refractivity (Wildman–Crippen MR) is 435 cm³/mol. The highest BCUT2D eigenvalue weighted by Crippen LogP contribution is 2.65. The fraction of sp³-hybridized carbons (Fsp3) is 0.152. The zero-order chi connectivity index (χ0) is 70.5. The highest BCUT2D eigenvalue weighted by atomic mass is 16.3. The van der Waals surface area contributed by atoms with E-state index in [0.717, 1.165) is 156 Å². The van der Waals surface area contributed by atoms with Crippen LogP contribution in [0.5, 0.6) is 0 Å². The van der Waals surface area contributed by atoms with Crippen molar-refractivity contribution in [1.29, 1.82) is 0 Å². The Bertz CT molecular complexity index is 5800. The van der Waals surface area contributed by atoms with Crippen molar-refractivity contribution >= 4 is 78.0 Å². The Labute approximate surface area is 605 Å². The van der Waals surface area contributed by atoms with E-state index in [0.29, 0.717) is 11.8 Å². The molecule has 0 aliphatic heterocycles. The quantitative estimate of drug-likeness (QED) is 0.109. The van der Waals surface area contributed by atoms with Crippen molar-refractivity contribution in [2.24, 2.45) is 0 Å². The second-order valence-electron chi connectivity index (χ2n) is 30.7. The number of furan rings is 2. The van der Waals surface area contributed by atoms with Crippen LogP contribution in [-0.4, -0.2) is 0 Å². The van der Waals surface area contributed by atoms with Gasteiger partial charge in [0, 0.05) is 49.8 Å². The summed E-state index contributed by atoms with van der Waals surface area (Å²) in [4.78, 5) is 5.08. The second kappa shape index (κ2) is 25.4. The summed E-state index contributed by atoms with van der Waals surface area (Å²) in [6.07, 6.45) is 0. The number of anilines is 6. The Morgan fingerprint density at radius 2 is 0.670 bits per heavy atom. The van der Waals surface area contributed by atoms with Crippen molar-refractivity contribution in [2.45, 2.75) is 97.3 Å². The maximum Gasteiger partial charge on any atom is 0.160 e. The van der Waals surface area contributed by atoms with Crippen molar-refractivity contribution < 1.29 is 8.83 Å². The van der Waals surface area contributed by atoms with E-state index >= 15 is 0 Å². The number of nitrogens with zero attached hydrogens (tertiary/aromatic N) is 2. The first-order chi connectivity index (χ1) is 50.0. The highest BCUT2D eigenvalue weighted by Gasteiger charge is 2.51. The molecule has 16 aromatic rings. The lowest BCUT2D eigenvalue weighted by molar-refractivity contribution is 0.587. The van der Waals surface area contributed by atoms with E-state index in [1.807, 2.05) is 0 Å². The minimum atomic E-state index is -1.02. The smallest absolute Gasteiger partial charge is 0.160 e. The largest absolute Gasteiger partial charge is 0.455 e. The summed E-state index contributed by atoms with van der Waals surface area (Å²) in [6, 6.07) is 118. The third kappa shape index (κ3) is 11.1. The van der Waals surface area contributed by atoms with Crippen LogP contribution in [0.15, 0.2) is 324 Å². The molecule has 0 saturated carbocycles. The van der Waals surface area contributed by atoms with Gasteiger partial charge < -0.3 is 18.6 Å². The first kappa shape index (κ1) is 64.6. The molecular weight excluding hydrogens is 1250 g/mol. The van der Waals surface area contributed by atoms with Gasteiger partial charge in [0.25, 0.3) is 0 Å². The average molecular weight is 1330 g/mol. The highest BCUT2D eigenvalue weighted by molar-refractivity contribution is 6.26. The van der Waals surface area contributed by atoms with E-state index in [1.54, 1.807) is 0 Å². The number of hydrogen-bond acceptors (Lipinski definition) is 4. The molecule has 0 bridgehead atoms. The molecule has 2 aromatic heterocycles. The Kier molecular flexibility index (Phi) is 15.9. The molecule has 0 fully saturated rings. The molecule has 0 atom stereocenters. The Balaban J connectivity index is 1.09. The van der Waals surface area contributed by atoms with Crippen molar-refractivity contribution in [1.82, 2.24) is 0 Å². The van der Waals surface area contributed by atoms with Crippen LogP contribution in [-0.2, 0) is 16.2 Å². The van der Waals surface area contributed by atoms with Crippen LogP contribution in [0, 0.1) is 0 Å². The van der Waals surface area contributed by atoms with Crippen molar-refractivity contribution in [3.05, 3.63) is 360 Å². The van der Waals surface area contributed by atoms with E-state index in [1.165, 1.54) is 22.3 Å². The molecule has 4 heteroatoms. The van der Waals surface area contributed by atoms with Gasteiger partial charge in [-0.2, -0.15) is 0 Å². The molecule has 502 valence electrons. The fourth-order valence-corrected chi connectivity index (χ4v) is 16.2. The van der Waals surface area contributed by atoms with Crippen molar-refractivity contribution in [2.75, 3.05) is 9.80 Å². The minimum Gasteiger partial charge on any atom is -0.455 e. The molecular formula is C99H84N2O2. The van der Waals surface area contributed by atoms with E-state index in [4.69, 9.17) is 8.83 Å². The van der Waals surface area contributed by atoms with Gasteiger partial charge in [-0.05, 0) is 161 Å². The van der Waals surface area contributed by atoms with Gasteiger partial charge in [0.2, 0.25) is 0 Å². The maximum atomic E-state index is 8.07. The standard InChI is InChI=1S/C99H84N2O2/c1-63(2)65-41-49-77(50-42-65)100(85-57-71(67-29-17-11-18-30-67)45-53-79(85)69-33-21-13-22-34-69)87-61-84-94(96-91(87)81-55-47-75(97(5,6)7)59-89(81)103-96)93-83(99(84,73-37-25-15-26-38-73)74-39-27-16-28-40-74)62-88(95-92(93)82-56-48-76(98(8,9)10)60-90(82)102-95)101(78-51-43-66(44-52-78)64(3)4)86-58-72(68-31-19-12-20-32-68)46-54-80(86)70-35-23-14-24-36-70/h11-64H,1-10H3. The molecule has 0 saturated heterocycles. The molecule has 4 nitrogen and oxygen atoms in total. The fourth-order valence-electron chi connectivity index (χ4n) is 16.2. The van der Waals surface area contributed by atoms with Gasteiger partial charge in [0.05, 0.1) is 33.6 Å². The molecule has 103 heavy (non-hydrogen) atoms. The van der Waals surface area contributed by atoms with Crippen LogP contribution in [0.2, 0.25) is 0 Å². The monoisotopic (exact) mass is 1330 g/mol. The van der Waals surface area contributed by atoms with Gasteiger partial charge in [-0.25, -0.2) is 0 Å². The van der Waals surface area contributed by atoms with Gasteiger partial charge in [-0.1, -0.05) is 324 Å². The summed E-state index contributed by atoms with van der Waals surface area (Å²) in [5.41, 5.74) is 28.3. The number of rotatable bonds is 14. The number of fused-ring (bicyclic) bond motifs is 11. The Morgan fingerprint density at radius 3 is 1.09 bits per heavy atom. The normalized spacial score (nSPS) is 12.8. The molecule has 0 N–H and O–H groups in total. The average Bonchev–Trinajstić information content (AvgIpc) is 1.50. The van der Waals surface area contributed by atoms with Gasteiger partial charge in [0.1, 0.15) is 16.7 Å². The van der Waals surface area contributed by atoms with Crippen LogP contribution in [0.25, 0.3) is 99.5 Å². The van der Waals surface area contributed by atoms with Crippen LogP contribution in [0.1, 0.15) is 126 Å². The van der Waals surface area contributed by atoms with E-state index < -0.39 is 5.41 Å². The maximum absolute atomic E-state index is 8.07. The zero-order valence-corrected chi connectivity index (χ0v) is 60.4. The molecule has 0 amide bonds. The summed E-state index contributed by atoms with van der Waals surface area (Å²) in [7, 11) is 0. The molecule has 2 heterocycles. The molecule has 1 aliphatic carbocycles. The van der Waals surface area contributed by atoms with Gasteiger partial charge >= 0.3 is 0 Å². The Morgan fingerprint density at radius 1 is 0.301 bits per heavy atom. The number of hydrogen-bond donors (Lipinski definition) is 0. The summed E-state index contributed by atoms with van der Waals surface area (Å²) >= 11 is 0. The molecule has 0 spiro atoms. The first-order valence-corrected chi connectivity index (χ1v) is 36.5. The summed E-state index contributed by atoms with van der Waals surface area (Å²) in [5, 5.41) is 4.10. The van der Waals surface area contributed by atoms with E-state index in [9.17, 15) is 0 Å². The summed E-state index contributed by atoms with van der Waals surface area (Å²) in [5.74, 6) is 0.627. The van der Waals surface area contributed by atoms with E-state index in [2.05, 4.69) is 394 Å². The topological polar surface area (TPSA) is 32.8 Å². The first-order valence-electron chi connectivity index (χ1n) is 36.5. The predicted octanol–water partition coefficient (Wildman–Crippen LogP) is 28.3. The number of benzene rings is 14. The van der Waals surface area contributed by atoms with Gasteiger partial charge in [-0.3, -0.25) is 0 Å². The van der Waals surface area contributed by atoms with Crippen LogP contribution in [0.4, 0.5) is 34.1 Å². The van der Waals surface area contributed by atoms with Crippen molar-refractivity contribution in [3.8, 4) is 55.6 Å². The third-order valence-corrected chi connectivity index (χ3v) is 21.6. The second-order valence-corrected chi connectivity index (χ2v) is 30.7. The van der Waals surface area contributed by atoms with E-state index in [-0.39, 0.29) is 10.8 Å². The molecule has 14 aromatic carbocycles. The third-order valence-electron chi connectivity index (χ3n) is 21.6. The zero-order valence-electron chi connectivity index (χ0n) is 60.4. The molecule has 1 aliphatic rings. The lowest BCUT2D eigenvalue weighted by Gasteiger charge is -2.36. The van der Waals surface area contributed by atoms with Crippen LogP contribution in [0.3, 0.4) is 0 Å². The van der Waals surface area contributed by atoms with Crippen molar-refractivity contribution in [3.63, 3.8) is 0 Å². The lowest BCUT2D eigenvalue weighted by Crippen LogP contribution is -2.29. The molecule has 0 unspecified atom stereocenters.